The molecule has 0 unspecified atom stereocenters. The van der Waals surface area contributed by atoms with E-state index in [0.29, 0.717) is 5.88 Å². The fourth-order valence-electron chi connectivity index (χ4n) is 2.48. The van der Waals surface area contributed by atoms with E-state index in [-0.39, 0.29) is 0 Å². The molecule has 4 nitrogen and oxygen atoms in total. The fraction of sp³-hybridized carbons (Fsp3) is 0.333. The van der Waals surface area contributed by atoms with Gasteiger partial charge in [0.25, 0.3) is 0 Å². The Morgan fingerprint density at radius 3 is 2.80 bits per heavy atom. The zero-order chi connectivity index (χ0) is 14.1. The molecule has 5 heteroatoms. The number of imidazole rings is 2. The number of halogens is 1. The first-order valence-electron chi connectivity index (χ1n) is 6.67. The maximum Gasteiger partial charge on any atom is 0.128 e. The van der Waals surface area contributed by atoms with Crippen LogP contribution in [0.1, 0.15) is 17.2 Å². The lowest BCUT2D eigenvalue weighted by molar-refractivity contribution is 0.682. The molecule has 3 aromatic rings. The maximum absolute atomic E-state index is 5.91. The molecule has 0 N–H and O–H groups in total. The molecule has 1 aromatic carbocycles. The summed E-state index contributed by atoms with van der Waals surface area (Å²) in [6.45, 7) is 2.81. The van der Waals surface area contributed by atoms with Gasteiger partial charge < -0.3 is 9.13 Å². The highest BCUT2D eigenvalue weighted by molar-refractivity contribution is 6.17. The Morgan fingerprint density at radius 2 is 2.10 bits per heavy atom. The number of aryl methyl sites for hydroxylation is 3. The molecule has 0 saturated carbocycles. The van der Waals surface area contributed by atoms with Gasteiger partial charge in [0.05, 0.1) is 17.6 Å². The zero-order valence-electron chi connectivity index (χ0n) is 11.7. The molecular formula is C15H17ClN4. The lowest BCUT2D eigenvalue weighted by atomic mass is 10.2. The van der Waals surface area contributed by atoms with Crippen molar-refractivity contribution in [3.8, 4) is 0 Å². The van der Waals surface area contributed by atoms with E-state index in [2.05, 4.69) is 34.7 Å². The minimum absolute atomic E-state index is 0.572. The SMILES string of the molecule is Cc1cccc2c1nc(CCCl)n2Cc1nccn1C. The van der Waals surface area contributed by atoms with Crippen LogP contribution in [-0.4, -0.2) is 25.0 Å². The monoisotopic (exact) mass is 288 g/mol. The van der Waals surface area contributed by atoms with Gasteiger partial charge >= 0.3 is 0 Å². The van der Waals surface area contributed by atoms with Gasteiger partial charge in [-0.1, -0.05) is 12.1 Å². The predicted molar refractivity (Wildman–Crippen MR) is 81.2 cm³/mol. The third-order valence-electron chi connectivity index (χ3n) is 3.60. The van der Waals surface area contributed by atoms with Crippen LogP contribution in [0.25, 0.3) is 11.0 Å². The fourth-order valence-corrected chi connectivity index (χ4v) is 2.65. The van der Waals surface area contributed by atoms with Gasteiger partial charge in [-0.25, -0.2) is 9.97 Å². The van der Waals surface area contributed by atoms with Crippen molar-refractivity contribution in [2.45, 2.75) is 19.9 Å². The van der Waals surface area contributed by atoms with Gasteiger partial charge in [0.1, 0.15) is 11.6 Å². The molecular weight excluding hydrogens is 272 g/mol. The van der Waals surface area contributed by atoms with E-state index in [4.69, 9.17) is 16.6 Å². The number of hydrogen-bond donors (Lipinski definition) is 0. The Hall–Kier alpha value is -1.81. The van der Waals surface area contributed by atoms with Gasteiger partial charge in [0.2, 0.25) is 0 Å². The molecule has 0 fully saturated rings. The lowest BCUT2D eigenvalue weighted by Gasteiger charge is -2.08. The zero-order valence-corrected chi connectivity index (χ0v) is 12.4. The molecule has 2 aromatic heterocycles. The summed E-state index contributed by atoms with van der Waals surface area (Å²) in [4.78, 5) is 9.16. The highest BCUT2D eigenvalue weighted by Gasteiger charge is 2.13. The van der Waals surface area contributed by atoms with Crippen LogP contribution in [0.4, 0.5) is 0 Å². The van der Waals surface area contributed by atoms with Crippen LogP contribution in [0.2, 0.25) is 0 Å². The minimum Gasteiger partial charge on any atom is -0.337 e. The predicted octanol–water partition coefficient (Wildman–Crippen LogP) is 2.91. The second kappa shape index (κ2) is 5.29. The van der Waals surface area contributed by atoms with E-state index in [1.807, 2.05) is 24.0 Å². The van der Waals surface area contributed by atoms with Crippen molar-refractivity contribution in [2.24, 2.45) is 7.05 Å². The van der Waals surface area contributed by atoms with Crippen molar-refractivity contribution in [1.29, 1.82) is 0 Å². The number of benzene rings is 1. The molecule has 0 amide bonds. The van der Waals surface area contributed by atoms with Gasteiger partial charge in [0, 0.05) is 31.7 Å². The highest BCUT2D eigenvalue weighted by atomic mass is 35.5. The summed E-state index contributed by atoms with van der Waals surface area (Å²) >= 11 is 5.91. The summed E-state index contributed by atoms with van der Waals surface area (Å²) < 4.78 is 4.25. The average Bonchev–Trinajstić information content (AvgIpc) is 2.98. The summed E-state index contributed by atoms with van der Waals surface area (Å²) in [6.07, 6.45) is 4.54. The van der Waals surface area contributed by atoms with Gasteiger partial charge in [0.15, 0.2) is 0 Å². The van der Waals surface area contributed by atoms with E-state index in [9.17, 15) is 0 Å². The van der Waals surface area contributed by atoms with Crippen LogP contribution < -0.4 is 0 Å². The molecule has 0 atom stereocenters. The van der Waals surface area contributed by atoms with Crippen molar-refractivity contribution >= 4 is 22.6 Å². The smallest absolute Gasteiger partial charge is 0.128 e. The first-order valence-corrected chi connectivity index (χ1v) is 7.21. The van der Waals surface area contributed by atoms with Crippen molar-refractivity contribution in [1.82, 2.24) is 19.1 Å². The van der Waals surface area contributed by atoms with E-state index >= 15 is 0 Å². The quantitative estimate of drug-likeness (QED) is 0.692. The van der Waals surface area contributed by atoms with E-state index < -0.39 is 0 Å². The Bertz CT molecular complexity index is 741. The second-order valence-electron chi connectivity index (χ2n) is 4.95. The van der Waals surface area contributed by atoms with Crippen molar-refractivity contribution in [3.05, 3.63) is 47.8 Å². The number of hydrogen-bond acceptors (Lipinski definition) is 2. The third kappa shape index (κ3) is 2.20. The Balaban J connectivity index is 2.14. The van der Waals surface area contributed by atoms with E-state index in [1.165, 1.54) is 5.56 Å². The molecule has 0 saturated heterocycles. The Morgan fingerprint density at radius 1 is 1.25 bits per heavy atom. The topological polar surface area (TPSA) is 35.6 Å². The molecule has 0 spiro atoms. The summed E-state index contributed by atoms with van der Waals surface area (Å²) in [5, 5.41) is 0. The summed E-state index contributed by atoms with van der Waals surface area (Å²) in [6, 6.07) is 6.26. The number of fused-ring (bicyclic) bond motifs is 1. The number of rotatable bonds is 4. The van der Waals surface area contributed by atoms with Crippen LogP contribution in [0.15, 0.2) is 30.6 Å². The van der Waals surface area contributed by atoms with Gasteiger partial charge in [-0.2, -0.15) is 0 Å². The maximum atomic E-state index is 5.91. The van der Waals surface area contributed by atoms with Crippen LogP contribution in [0.3, 0.4) is 0 Å². The summed E-state index contributed by atoms with van der Waals surface area (Å²) in [5.41, 5.74) is 3.40. The molecule has 0 bridgehead atoms. The third-order valence-corrected chi connectivity index (χ3v) is 3.79. The highest BCUT2D eigenvalue weighted by Crippen LogP contribution is 2.21. The molecule has 0 radical (unpaired) electrons. The molecule has 20 heavy (non-hydrogen) atoms. The van der Waals surface area contributed by atoms with E-state index in [0.717, 1.165) is 35.6 Å². The van der Waals surface area contributed by atoms with Crippen LogP contribution in [0.5, 0.6) is 0 Å². The second-order valence-corrected chi connectivity index (χ2v) is 5.33. The average molecular weight is 289 g/mol. The number of aromatic nitrogens is 4. The standard InChI is InChI=1S/C15H17ClN4/c1-11-4-3-5-12-15(11)18-13(6-7-16)20(12)10-14-17-8-9-19(14)2/h3-5,8-9H,6-7,10H2,1-2H3. The molecule has 2 heterocycles. The molecule has 0 aliphatic heterocycles. The minimum atomic E-state index is 0.572. The summed E-state index contributed by atoms with van der Waals surface area (Å²) in [5.74, 6) is 2.61. The summed E-state index contributed by atoms with van der Waals surface area (Å²) in [7, 11) is 2.01. The van der Waals surface area contributed by atoms with Crippen LogP contribution in [-0.2, 0) is 20.0 Å². The number of nitrogens with zero attached hydrogens (tertiary/aromatic N) is 4. The molecule has 0 aliphatic rings. The number of alkyl halides is 1. The molecule has 3 rings (SSSR count). The van der Waals surface area contributed by atoms with Crippen LogP contribution >= 0.6 is 11.6 Å². The molecule has 104 valence electrons. The number of para-hydroxylation sites is 1. The van der Waals surface area contributed by atoms with Crippen molar-refractivity contribution in [3.63, 3.8) is 0 Å². The van der Waals surface area contributed by atoms with Gasteiger partial charge in [-0.3, -0.25) is 0 Å². The Labute approximate surface area is 123 Å². The Kier molecular flexibility index (Phi) is 3.49. The normalized spacial score (nSPS) is 11.3. The lowest BCUT2D eigenvalue weighted by Crippen LogP contribution is -2.09. The molecule has 0 aliphatic carbocycles. The van der Waals surface area contributed by atoms with Gasteiger partial charge in [-0.05, 0) is 18.6 Å². The first-order chi connectivity index (χ1) is 9.70. The van der Waals surface area contributed by atoms with E-state index in [1.54, 1.807) is 0 Å². The van der Waals surface area contributed by atoms with Crippen molar-refractivity contribution < 1.29 is 0 Å². The first kappa shape index (κ1) is 13.2. The largest absolute Gasteiger partial charge is 0.337 e. The van der Waals surface area contributed by atoms with Crippen LogP contribution in [0, 0.1) is 6.92 Å². The van der Waals surface area contributed by atoms with Crippen molar-refractivity contribution in [2.75, 3.05) is 5.88 Å². The van der Waals surface area contributed by atoms with Gasteiger partial charge in [-0.15, -0.1) is 11.6 Å².